The van der Waals surface area contributed by atoms with Crippen molar-refractivity contribution in [2.24, 2.45) is 0 Å². The Bertz CT molecular complexity index is 1140. The number of benzene rings is 3. The molecule has 1 aliphatic rings. The number of aromatic amines is 1. The fraction of sp³-hybridized carbons (Fsp3) is 0.130. The van der Waals surface area contributed by atoms with Gasteiger partial charge in [0.25, 0.3) is 0 Å². The number of hydrogen-bond acceptors (Lipinski definition) is 4. The third-order valence-corrected chi connectivity index (χ3v) is 5.02. The van der Waals surface area contributed by atoms with Crippen LogP contribution in [-0.2, 0) is 11.2 Å². The van der Waals surface area contributed by atoms with Gasteiger partial charge < -0.3 is 14.5 Å². The van der Waals surface area contributed by atoms with Gasteiger partial charge in [0.15, 0.2) is 0 Å². The van der Waals surface area contributed by atoms with Crippen LogP contribution in [-0.4, -0.2) is 28.7 Å². The second kappa shape index (κ2) is 7.31. The summed E-state index contributed by atoms with van der Waals surface area (Å²) in [6.45, 7) is 0.363. The van der Waals surface area contributed by atoms with E-state index in [9.17, 15) is 4.79 Å². The molecule has 1 atom stereocenters. The monoisotopic (exact) mass is 385 g/mol. The summed E-state index contributed by atoms with van der Waals surface area (Å²) >= 11 is 0. The molecule has 2 heterocycles. The van der Waals surface area contributed by atoms with E-state index in [0.29, 0.717) is 13.0 Å². The average molecular weight is 385 g/mol. The quantitative estimate of drug-likeness (QED) is 0.529. The number of nitrogens with one attached hydrogen (secondary N) is 1. The summed E-state index contributed by atoms with van der Waals surface area (Å²) in [5.74, 6) is 1.58. The Hall–Kier alpha value is -3.80. The largest absolute Gasteiger partial charge is 0.457 e. The van der Waals surface area contributed by atoms with E-state index in [-0.39, 0.29) is 12.1 Å². The number of aromatic nitrogens is 2. The minimum Gasteiger partial charge on any atom is -0.457 e. The molecule has 0 aliphatic carbocycles. The molecular weight excluding hydrogens is 366 g/mol. The smallest absolute Gasteiger partial charge is 0.414 e. The zero-order valence-electron chi connectivity index (χ0n) is 15.6. The molecule has 0 spiro atoms. The first-order valence-electron chi connectivity index (χ1n) is 9.47. The summed E-state index contributed by atoms with van der Waals surface area (Å²) < 4.78 is 11.2. The summed E-state index contributed by atoms with van der Waals surface area (Å²) in [6, 6.07) is 23.3. The molecule has 0 saturated carbocycles. The fourth-order valence-electron chi connectivity index (χ4n) is 3.59. The normalized spacial score (nSPS) is 16.2. The minimum atomic E-state index is -0.321. The molecule has 0 radical (unpaired) electrons. The molecule has 1 saturated heterocycles. The topological polar surface area (TPSA) is 67.5 Å². The van der Waals surface area contributed by atoms with Crippen LogP contribution in [0, 0.1) is 0 Å². The Balaban J connectivity index is 1.33. The van der Waals surface area contributed by atoms with Gasteiger partial charge >= 0.3 is 6.09 Å². The summed E-state index contributed by atoms with van der Waals surface area (Å²) in [5, 5.41) is 0. The van der Waals surface area contributed by atoms with Crippen molar-refractivity contribution in [3.05, 3.63) is 84.7 Å². The summed E-state index contributed by atoms with van der Waals surface area (Å²) in [4.78, 5) is 21.4. The number of para-hydroxylation sites is 1. The maximum atomic E-state index is 12.4. The molecule has 1 N–H and O–H groups in total. The van der Waals surface area contributed by atoms with Gasteiger partial charge in [0, 0.05) is 5.69 Å². The van der Waals surface area contributed by atoms with Gasteiger partial charge in [0.1, 0.15) is 18.1 Å². The molecule has 144 valence electrons. The van der Waals surface area contributed by atoms with Crippen molar-refractivity contribution in [1.82, 2.24) is 9.97 Å². The van der Waals surface area contributed by atoms with Crippen LogP contribution in [0.15, 0.2) is 79.1 Å². The summed E-state index contributed by atoms with van der Waals surface area (Å²) in [7, 11) is 0. The fourth-order valence-corrected chi connectivity index (χ4v) is 3.59. The predicted octanol–water partition coefficient (Wildman–Crippen LogP) is 4.92. The Kier molecular flexibility index (Phi) is 4.37. The zero-order chi connectivity index (χ0) is 19.6. The molecule has 6 heteroatoms. The molecule has 3 aromatic carbocycles. The van der Waals surface area contributed by atoms with Crippen LogP contribution >= 0.6 is 0 Å². The lowest BCUT2D eigenvalue weighted by Gasteiger charge is -2.21. The Morgan fingerprint density at radius 2 is 1.83 bits per heavy atom. The number of imidazole rings is 1. The molecule has 29 heavy (non-hydrogen) atoms. The van der Waals surface area contributed by atoms with E-state index in [1.807, 2.05) is 72.8 Å². The number of rotatable bonds is 5. The lowest BCUT2D eigenvalue weighted by atomic mass is 10.0. The third-order valence-electron chi connectivity index (χ3n) is 5.02. The Morgan fingerprint density at radius 1 is 1.03 bits per heavy atom. The van der Waals surface area contributed by atoms with Gasteiger partial charge in [-0.25, -0.2) is 9.78 Å². The molecule has 5 rings (SSSR count). The van der Waals surface area contributed by atoms with Crippen LogP contribution in [0.25, 0.3) is 11.0 Å². The molecule has 4 aromatic rings. The van der Waals surface area contributed by atoms with E-state index < -0.39 is 0 Å². The van der Waals surface area contributed by atoms with E-state index in [2.05, 4.69) is 9.97 Å². The number of carbonyl (C=O) groups excluding carboxylic acids is 1. The molecule has 1 aromatic heterocycles. The molecule has 0 unspecified atom stereocenters. The van der Waals surface area contributed by atoms with Gasteiger partial charge in [-0.1, -0.05) is 30.3 Å². The van der Waals surface area contributed by atoms with Crippen LogP contribution in [0.3, 0.4) is 0 Å². The molecule has 1 amide bonds. The highest BCUT2D eigenvalue weighted by Gasteiger charge is 2.34. The van der Waals surface area contributed by atoms with Gasteiger partial charge in [0.05, 0.1) is 23.4 Å². The van der Waals surface area contributed by atoms with Crippen LogP contribution in [0.1, 0.15) is 5.56 Å². The first kappa shape index (κ1) is 17.3. The summed E-state index contributed by atoms with van der Waals surface area (Å²) in [6.07, 6.45) is 2.02. The average Bonchev–Trinajstić information content (AvgIpc) is 3.36. The number of hydrogen-bond donors (Lipinski definition) is 1. The van der Waals surface area contributed by atoms with E-state index in [1.54, 1.807) is 11.2 Å². The maximum Gasteiger partial charge on any atom is 0.414 e. The minimum absolute atomic E-state index is 0.0660. The molecule has 6 nitrogen and oxygen atoms in total. The summed E-state index contributed by atoms with van der Waals surface area (Å²) in [5.41, 5.74) is 3.68. The van der Waals surface area contributed by atoms with Gasteiger partial charge in [-0.05, 0) is 54.4 Å². The SMILES string of the molecule is O=C1OC[C@H](Cc2ccc(Oc3ccccc3)cc2)N1c1ccc2nc[nH]c2c1. The van der Waals surface area contributed by atoms with Gasteiger partial charge in [-0.15, -0.1) is 0 Å². The van der Waals surface area contributed by atoms with Crippen molar-refractivity contribution < 1.29 is 14.3 Å². The van der Waals surface area contributed by atoms with E-state index in [0.717, 1.165) is 33.8 Å². The van der Waals surface area contributed by atoms with E-state index >= 15 is 0 Å². The van der Waals surface area contributed by atoms with Crippen molar-refractivity contribution in [2.45, 2.75) is 12.5 Å². The van der Waals surface area contributed by atoms with Crippen molar-refractivity contribution in [3.8, 4) is 11.5 Å². The highest BCUT2D eigenvalue weighted by Crippen LogP contribution is 2.28. The number of carbonyl (C=O) groups is 1. The van der Waals surface area contributed by atoms with Crippen LogP contribution in [0.4, 0.5) is 10.5 Å². The standard InChI is InChI=1S/C23H19N3O3/c27-23-26(17-8-11-21-22(13-17)25-15-24-21)18(14-28-23)12-16-6-9-20(10-7-16)29-19-4-2-1-3-5-19/h1-11,13,15,18H,12,14H2,(H,24,25)/t18-/m0/s1. The molecular formula is C23H19N3O3. The third kappa shape index (κ3) is 3.52. The Morgan fingerprint density at radius 3 is 2.66 bits per heavy atom. The van der Waals surface area contributed by atoms with Crippen LogP contribution in [0.2, 0.25) is 0 Å². The lowest BCUT2D eigenvalue weighted by Crippen LogP contribution is -2.35. The molecule has 0 bridgehead atoms. The lowest BCUT2D eigenvalue weighted by molar-refractivity contribution is 0.178. The Labute approximate surface area is 167 Å². The highest BCUT2D eigenvalue weighted by atomic mass is 16.6. The van der Waals surface area contributed by atoms with Gasteiger partial charge in [0.2, 0.25) is 0 Å². The molecule has 1 aliphatic heterocycles. The number of amides is 1. The number of cyclic esters (lactones) is 1. The number of fused-ring (bicyclic) bond motifs is 1. The van der Waals surface area contributed by atoms with Crippen molar-refractivity contribution in [2.75, 3.05) is 11.5 Å². The number of anilines is 1. The second-order valence-electron chi connectivity index (χ2n) is 6.97. The highest BCUT2D eigenvalue weighted by molar-refractivity contribution is 5.93. The predicted molar refractivity (Wildman–Crippen MR) is 110 cm³/mol. The molecule has 1 fully saturated rings. The van der Waals surface area contributed by atoms with Crippen LogP contribution < -0.4 is 9.64 Å². The van der Waals surface area contributed by atoms with E-state index in [4.69, 9.17) is 9.47 Å². The second-order valence-corrected chi connectivity index (χ2v) is 6.97. The number of ether oxygens (including phenoxy) is 2. The zero-order valence-corrected chi connectivity index (χ0v) is 15.6. The first-order valence-corrected chi connectivity index (χ1v) is 9.47. The van der Waals surface area contributed by atoms with Gasteiger partial charge in [-0.2, -0.15) is 0 Å². The van der Waals surface area contributed by atoms with Gasteiger partial charge in [-0.3, -0.25) is 4.90 Å². The van der Waals surface area contributed by atoms with Crippen molar-refractivity contribution in [1.29, 1.82) is 0 Å². The first-order chi connectivity index (χ1) is 14.3. The number of nitrogens with zero attached hydrogens (tertiary/aromatic N) is 2. The maximum absolute atomic E-state index is 12.4. The number of H-pyrrole nitrogens is 1. The van der Waals surface area contributed by atoms with Crippen molar-refractivity contribution in [3.63, 3.8) is 0 Å². The van der Waals surface area contributed by atoms with E-state index in [1.165, 1.54) is 0 Å². The van der Waals surface area contributed by atoms with Crippen molar-refractivity contribution >= 4 is 22.8 Å². The van der Waals surface area contributed by atoms with Crippen LogP contribution in [0.5, 0.6) is 11.5 Å².